The number of para-hydroxylation sites is 1. The highest BCUT2D eigenvalue weighted by Gasteiger charge is 2.22. The highest BCUT2D eigenvalue weighted by molar-refractivity contribution is 14.0. The van der Waals surface area contributed by atoms with Crippen molar-refractivity contribution in [3.05, 3.63) is 30.3 Å². The lowest BCUT2D eigenvalue weighted by atomic mass is 10.3. The number of nitrogens with zero attached hydrogens (tertiary/aromatic N) is 1. The van der Waals surface area contributed by atoms with Gasteiger partial charge in [-0.15, -0.1) is 24.0 Å². The van der Waals surface area contributed by atoms with Gasteiger partial charge in [-0.3, -0.25) is 9.79 Å². The second-order valence-corrected chi connectivity index (χ2v) is 5.79. The standard InChI is InChI=1S/C18H28N4O2.HI/c1-2-19-18(20-12-6-9-17(23)22-15-10-11-15)21-13-14-24-16-7-4-3-5-8-16;/h3-5,7-8,15H,2,6,9-14H2,1H3,(H,22,23)(H2,19,20,21);1H. The number of carbonyl (C=O) groups is 1. The molecule has 0 aromatic heterocycles. The summed E-state index contributed by atoms with van der Waals surface area (Å²) >= 11 is 0. The van der Waals surface area contributed by atoms with Gasteiger partial charge in [-0.2, -0.15) is 0 Å². The molecule has 7 heteroatoms. The monoisotopic (exact) mass is 460 g/mol. The second-order valence-electron chi connectivity index (χ2n) is 5.79. The van der Waals surface area contributed by atoms with E-state index in [0.717, 1.165) is 37.5 Å². The first-order valence-electron chi connectivity index (χ1n) is 8.77. The number of halogens is 1. The van der Waals surface area contributed by atoms with E-state index in [-0.39, 0.29) is 29.9 Å². The minimum absolute atomic E-state index is 0. The van der Waals surface area contributed by atoms with Crippen LogP contribution in [0, 0.1) is 0 Å². The maximum Gasteiger partial charge on any atom is 0.220 e. The molecule has 0 unspecified atom stereocenters. The van der Waals surface area contributed by atoms with E-state index in [0.29, 0.717) is 32.2 Å². The van der Waals surface area contributed by atoms with Crippen LogP contribution in [0.2, 0.25) is 0 Å². The molecule has 1 fully saturated rings. The SMILES string of the molecule is CCNC(=NCCCC(=O)NC1CC1)NCCOc1ccccc1.I. The first-order chi connectivity index (χ1) is 11.8. The number of amides is 1. The fourth-order valence-electron chi connectivity index (χ4n) is 2.15. The fourth-order valence-corrected chi connectivity index (χ4v) is 2.15. The van der Waals surface area contributed by atoms with Crippen LogP contribution in [-0.4, -0.2) is 44.1 Å². The number of aliphatic imine (C=N–C) groups is 1. The van der Waals surface area contributed by atoms with E-state index < -0.39 is 0 Å². The zero-order chi connectivity index (χ0) is 17.0. The molecule has 3 N–H and O–H groups in total. The maximum atomic E-state index is 11.6. The molecular weight excluding hydrogens is 431 g/mol. The topological polar surface area (TPSA) is 74.8 Å². The summed E-state index contributed by atoms with van der Waals surface area (Å²) in [6, 6.07) is 10.2. The van der Waals surface area contributed by atoms with E-state index >= 15 is 0 Å². The maximum absolute atomic E-state index is 11.6. The molecule has 1 aliphatic carbocycles. The summed E-state index contributed by atoms with van der Waals surface area (Å²) in [5, 5.41) is 9.42. The Morgan fingerprint density at radius 1 is 1.24 bits per heavy atom. The van der Waals surface area contributed by atoms with Gasteiger partial charge < -0.3 is 20.7 Å². The van der Waals surface area contributed by atoms with Crippen molar-refractivity contribution in [2.75, 3.05) is 26.2 Å². The number of benzene rings is 1. The molecule has 1 amide bonds. The van der Waals surface area contributed by atoms with Gasteiger partial charge in [-0.1, -0.05) is 18.2 Å². The van der Waals surface area contributed by atoms with E-state index in [4.69, 9.17) is 4.74 Å². The average Bonchev–Trinajstić information content (AvgIpc) is 3.40. The molecule has 25 heavy (non-hydrogen) atoms. The molecule has 1 aliphatic rings. The Balaban J connectivity index is 0.00000312. The molecule has 1 aromatic rings. The quantitative estimate of drug-likeness (QED) is 0.217. The largest absolute Gasteiger partial charge is 0.492 e. The predicted molar refractivity (Wildman–Crippen MR) is 112 cm³/mol. The van der Waals surface area contributed by atoms with Crippen LogP contribution >= 0.6 is 24.0 Å². The van der Waals surface area contributed by atoms with Crippen molar-refractivity contribution in [1.29, 1.82) is 0 Å². The summed E-state index contributed by atoms with van der Waals surface area (Å²) < 4.78 is 5.64. The van der Waals surface area contributed by atoms with Crippen molar-refractivity contribution < 1.29 is 9.53 Å². The summed E-state index contributed by atoms with van der Waals surface area (Å²) in [6.45, 7) is 4.70. The van der Waals surface area contributed by atoms with Gasteiger partial charge in [-0.05, 0) is 38.3 Å². The van der Waals surface area contributed by atoms with Crippen LogP contribution in [0.3, 0.4) is 0 Å². The van der Waals surface area contributed by atoms with Crippen molar-refractivity contribution in [1.82, 2.24) is 16.0 Å². The predicted octanol–water partition coefficient (Wildman–Crippen LogP) is 2.30. The molecule has 0 saturated heterocycles. The van der Waals surface area contributed by atoms with Gasteiger partial charge in [0.1, 0.15) is 12.4 Å². The van der Waals surface area contributed by atoms with Crippen molar-refractivity contribution in [2.24, 2.45) is 4.99 Å². The normalized spacial score (nSPS) is 13.6. The summed E-state index contributed by atoms with van der Waals surface area (Å²) in [4.78, 5) is 16.1. The summed E-state index contributed by atoms with van der Waals surface area (Å²) in [5.41, 5.74) is 0. The second kappa shape index (κ2) is 12.8. The third-order valence-corrected chi connectivity index (χ3v) is 3.52. The Hall–Kier alpha value is -1.51. The number of hydrogen-bond donors (Lipinski definition) is 3. The van der Waals surface area contributed by atoms with Crippen molar-refractivity contribution >= 4 is 35.8 Å². The summed E-state index contributed by atoms with van der Waals surface area (Å²) in [7, 11) is 0. The molecule has 1 saturated carbocycles. The minimum atomic E-state index is 0. The zero-order valence-corrected chi connectivity index (χ0v) is 17.1. The number of guanidine groups is 1. The van der Waals surface area contributed by atoms with Gasteiger partial charge in [0.15, 0.2) is 5.96 Å². The molecule has 0 bridgehead atoms. The van der Waals surface area contributed by atoms with E-state index in [9.17, 15) is 4.79 Å². The smallest absolute Gasteiger partial charge is 0.220 e. The van der Waals surface area contributed by atoms with Crippen LogP contribution in [0.25, 0.3) is 0 Å². The molecule has 0 atom stereocenters. The van der Waals surface area contributed by atoms with Crippen molar-refractivity contribution in [3.8, 4) is 5.75 Å². The molecule has 0 spiro atoms. The third-order valence-electron chi connectivity index (χ3n) is 3.52. The number of ether oxygens (including phenoxy) is 1. The van der Waals surface area contributed by atoms with Crippen molar-refractivity contribution in [2.45, 2.75) is 38.6 Å². The van der Waals surface area contributed by atoms with Gasteiger partial charge in [0, 0.05) is 25.6 Å². The van der Waals surface area contributed by atoms with Crippen LogP contribution in [-0.2, 0) is 4.79 Å². The Morgan fingerprint density at radius 3 is 2.68 bits per heavy atom. The Labute approximate surface area is 167 Å². The lowest BCUT2D eigenvalue weighted by Gasteiger charge is -2.12. The molecule has 140 valence electrons. The third kappa shape index (κ3) is 10.2. The van der Waals surface area contributed by atoms with Crippen LogP contribution < -0.4 is 20.7 Å². The molecule has 2 rings (SSSR count). The molecule has 1 aromatic carbocycles. The Bertz CT molecular complexity index is 521. The van der Waals surface area contributed by atoms with Crippen LogP contribution in [0.4, 0.5) is 0 Å². The zero-order valence-electron chi connectivity index (χ0n) is 14.8. The molecule has 0 heterocycles. The van der Waals surface area contributed by atoms with Gasteiger partial charge in [0.25, 0.3) is 0 Å². The number of nitrogens with one attached hydrogen (secondary N) is 3. The van der Waals surface area contributed by atoms with Crippen LogP contribution in [0.1, 0.15) is 32.6 Å². The number of carbonyl (C=O) groups excluding carboxylic acids is 1. The van der Waals surface area contributed by atoms with Gasteiger partial charge in [0.2, 0.25) is 5.91 Å². The van der Waals surface area contributed by atoms with Crippen LogP contribution in [0.15, 0.2) is 35.3 Å². The Morgan fingerprint density at radius 2 is 2.00 bits per heavy atom. The highest BCUT2D eigenvalue weighted by Crippen LogP contribution is 2.18. The van der Waals surface area contributed by atoms with Gasteiger partial charge in [-0.25, -0.2) is 0 Å². The summed E-state index contributed by atoms with van der Waals surface area (Å²) in [6.07, 6.45) is 3.55. The molecule has 0 aliphatic heterocycles. The van der Waals surface area contributed by atoms with E-state index in [2.05, 4.69) is 20.9 Å². The molecule has 0 radical (unpaired) electrons. The fraction of sp³-hybridized carbons (Fsp3) is 0.556. The molecule has 6 nitrogen and oxygen atoms in total. The van der Waals surface area contributed by atoms with E-state index in [1.165, 1.54) is 0 Å². The van der Waals surface area contributed by atoms with E-state index in [1.54, 1.807) is 0 Å². The molecular formula is C18H29IN4O2. The highest BCUT2D eigenvalue weighted by atomic mass is 127. The minimum Gasteiger partial charge on any atom is -0.492 e. The van der Waals surface area contributed by atoms with Crippen LogP contribution in [0.5, 0.6) is 5.75 Å². The van der Waals surface area contributed by atoms with E-state index in [1.807, 2.05) is 37.3 Å². The average molecular weight is 460 g/mol. The lowest BCUT2D eigenvalue weighted by Crippen LogP contribution is -2.39. The number of hydrogen-bond acceptors (Lipinski definition) is 3. The first kappa shape index (κ1) is 21.5. The summed E-state index contributed by atoms with van der Waals surface area (Å²) in [5.74, 6) is 1.77. The van der Waals surface area contributed by atoms with Gasteiger partial charge >= 0.3 is 0 Å². The Kier molecular flexibility index (Phi) is 11.0. The van der Waals surface area contributed by atoms with Crippen molar-refractivity contribution in [3.63, 3.8) is 0 Å². The number of rotatable bonds is 10. The van der Waals surface area contributed by atoms with Gasteiger partial charge in [0.05, 0.1) is 6.54 Å². The first-order valence-corrected chi connectivity index (χ1v) is 8.77. The lowest BCUT2D eigenvalue weighted by molar-refractivity contribution is -0.121.